The minimum absolute atomic E-state index is 0.00935. The standard InChI is InChI=1S/C15H26N2O2/c1-4-15(5-2)13(19)17(10-12(18)16-15)11-14(3)8-6-7-9-14/h4-11H2,1-3H3,(H,16,18). The van der Waals surface area contributed by atoms with Crippen LogP contribution in [0.5, 0.6) is 0 Å². The highest BCUT2D eigenvalue weighted by Gasteiger charge is 2.45. The van der Waals surface area contributed by atoms with Crippen molar-refractivity contribution in [2.45, 2.75) is 64.8 Å². The average Bonchev–Trinajstić information content (AvgIpc) is 2.80. The van der Waals surface area contributed by atoms with Crippen LogP contribution in [0.2, 0.25) is 0 Å². The highest BCUT2D eigenvalue weighted by molar-refractivity contribution is 5.97. The Morgan fingerprint density at radius 1 is 1.16 bits per heavy atom. The predicted molar refractivity (Wildman–Crippen MR) is 74.6 cm³/mol. The first-order chi connectivity index (χ1) is 8.95. The smallest absolute Gasteiger partial charge is 0.248 e. The van der Waals surface area contributed by atoms with Crippen LogP contribution in [-0.2, 0) is 9.59 Å². The summed E-state index contributed by atoms with van der Waals surface area (Å²) in [7, 11) is 0. The monoisotopic (exact) mass is 266 g/mol. The topological polar surface area (TPSA) is 49.4 Å². The SMILES string of the molecule is CCC1(CC)NC(=O)CN(CC2(C)CCCC2)C1=O. The number of carbonyl (C=O) groups excluding carboxylic acids is 2. The summed E-state index contributed by atoms with van der Waals surface area (Å²) in [6.45, 7) is 7.17. The number of piperazine rings is 1. The Morgan fingerprint density at radius 3 is 2.26 bits per heavy atom. The number of hydrogen-bond acceptors (Lipinski definition) is 2. The first-order valence-corrected chi connectivity index (χ1v) is 7.55. The van der Waals surface area contributed by atoms with Crippen LogP contribution in [0.25, 0.3) is 0 Å². The minimum Gasteiger partial charge on any atom is -0.340 e. The molecule has 0 aromatic heterocycles. The van der Waals surface area contributed by atoms with Crippen LogP contribution in [0.3, 0.4) is 0 Å². The van der Waals surface area contributed by atoms with E-state index in [4.69, 9.17) is 0 Å². The molecule has 1 heterocycles. The van der Waals surface area contributed by atoms with Crippen LogP contribution < -0.4 is 5.32 Å². The lowest BCUT2D eigenvalue weighted by Crippen LogP contribution is -2.67. The number of nitrogens with zero attached hydrogens (tertiary/aromatic N) is 1. The van der Waals surface area contributed by atoms with E-state index in [2.05, 4.69) is 12.2 Å². The number of carbonyl (C=O) groups is 2. The second kappa shape index (κ2) is 5.14. The van der Waals surface area contributed by atoms with E-state index in [-0.39, 0.29) is 23.8 Å². The van der Waals surface area contributed by atoms with Gasteiger partial charge in [-0.25, -0.2) is 0 Å². The highest BCUT2D eigenvalue weighted by atomic mass is 16.2. The maximum absolute atomic E-state index is 12.7. The van der Waals surface area contributed by atoms with Crippen LogP contribution in [0.15, 0.2) is 0 Å². The summed E-state index contributed by atoms with van der Waals surface area (Å²) in [6, 6.07) is 0. The molecule has 1 saturated heterocycles. The highest BCUT2D eigenvalue weighted by Crippen LogP contribution is 2.39. The Bertz CT molecular complexity index is 368. The average molecular weight is 266 g/mol. The van der Waals surface area contributed by atoms with E-state index < -0.39 is 5.54 Å². The van der Waals surface area contributed by atoms with Crippen molar-refractivity contribution in [2.75, 3.05) is 13.1 Å². The third-order valence-electron chi connectivity index (χ3n) is 5.00. The minimum atomic E-state index is -0.662. The van der Waals surface area contributed by atoms with Gasteiger partial charge in [0.25, 0.3) is 0 Å². The van der Waals surface area contributed by atoms with Gasteiger partial charge in [0.05, 0.1) is 6.54 Å². The quantitative estimate of drug-likeness (QED) is 0.847. The van der Waals surface area contributed by atoms with Gasteiger partial charge in [0.15, 0.2) is 0 Å². The van der Waals surface area contributed by atoms with E-state index in [0.717, 1.165) is 6.54 Å². The van der Waals surface area contributed by atoms with Crippen LogP contribution in [0, 0.1) is 5.41 Å². The van der Waals surface area contributed by atoms with Crippen molar-refractivity contribution >= 4 is 11.8 Å². The maximum Gasteiger partial charge on any atom is 0.248 e. The van der Waals surface area contributed by atoms with Crippen molar-refractivity contribution in [1.82, 2.24) is 10.2 Å². The Hall–Kier alpha value is -1.06. The van der Waals surface area contributed by atoms with E-state index in [9.17, 15) is 9.59 Å². The number of hydrogen-bond donors (Lipinski definition) is 1. The number of nitrogens with one attached hydrogen (secondary N) is 1. The maximum atomic E-state index is 12.7. The van der Waals surface area contributed by atoms with E-state index in [1.165, 1.54) is 25.7 Å². The predicted octanol–water partition coefficient (Wildman–Crippen LogP) is 2.08. The largest absolute Gasteiger partial charge is 0.340 e. The molecular weight excluding hydrogens is 240 g/mol. The fourth-order valence-corrected chi connectivity index (χ4v) is 3.61. The summed E-state index contributed by atoms with van der Waals surface area (Å²) in [5.41, 5.74) is -0.454. The molecule has 108 valence electrons. The summed E-state index contributed by atoms with van der Waals surface area (Å²) in [5, 5.41) is 2.92. The molecule has 0 atom stereocenters. The van der Waals surface area contributed by atoms with Crippen LogP contribution >= 0.6 is 0 Å². The van der Waals surface area contributed by atoms with E-state index in [1.807, 2.05) is 13.8 Å². The van der Waals surface area contributed by atoms with Crippen molar-refractivity contribution in [1.29, 1.82) is 0 Å². The first kappa shape index (κ1) is 14.4. The Balaban J connectivity index is 2.15. The molecule has 1 aliphatic heterocycles. The lowest BCUT2D eigenvalue weighted by molar-refractivity contribution is -0.151. The molecule has 2 rings (SSSR count). The zero-order chi connectivity index (χ0) is 14.1. The van der Waals surface area contributed by atoms with Gasteiger partial charge in [0, 0.05) is 6.54 Å². The second-order valence-corrected chi connectivity index (χ2v) is 6.52. The van der Waals surface area contributed by atoms with E-state index in [1.54, 1.807) is 4.90 Å². The summed E-state index contributed by atoms with van der Waals surface area (Å²) in [4.78, 5) is 26.4. The van der Waals surface area contributed by atoms with Crippen LogP contribution in [0.1, 0.15) is 59.3 Å². The zero-order valence-corrected chi connectivity index (χ0v) is 12.4. The molecule has 0 bridgehead atoms. The van der Waals surface area contributed by atoms with Crippen molar-refractivity contribution < 1.29 is 9.59 Å². The Morgan fingerprint density at radius 2 is 1.74 bits per heavy atom. The lowest BCUT2D eigenvalue weighted by atomic mass is 9.84. The normalized spacial score (nSPS) is 25.5. The number of amides is 2. The summed E-state index contributed by atoms with van der Waals surface area (Å²) >= 11 is 0. The molecule has 2 amide bonds. The van der Waals surface area contributed by atoms with Gasteiger partial charge in [-0.15, -0.1) is 0 Å². The molecule has 2 fully saturated rings. The Kier molecular flexibility index (Phi) is 3.88. The third-order valence-corrected chi connectivity index (χ3v) is 5.00. The van der Waals surface area contributed by atoms with Gasteiger partial charge in [0.1, 0.15) is 5.54 Å². The summed E-state index contributed by atoms with van der Waals surface area (Å²) in [6.07, 6.45) is 6.17. The second-order valence-electron chi connectivity index (χ2n) is 6.52. The Labute approximate surface area is 115 Å². The molecule has 0 aromatic carbocycles. The molecule has 2 aliphatic rings. The van der Waals surface area contributed by atoms with Crippen molar-refractivity contribution in [3.05, 3.63) is 0 Å². The van der Waals surface area contributed by atoms with Gasteiger partial charge in [-0.3, -0.25) is 9.59 Å². The summed E-state index contributed by atoms with van der Waals surface area (Å²) < 4.78 is 0. The van der Waals surface area contributed by atoms with Crippen molar-refractivity contribution in [3.63, 3.8) is 0 Å². The molecule has 4 nitrogen and oxygen atoms in total. The molecule has 0 unspecified atom stereocenters. The van der Waals surface area contributed by atoms with Crippen LogP contribution in [0.4, 0.5) is 0 Å². The molecule has 4 heteroatoms. The van der Waals surface area contributed by atoms with Gasteiger partial charge in [0.2, 0.25) is 11.8 Å². The molecule has 1 N–H and O–H groups in total. The fraction of sp³-hybridized carbons (Fsp3) is 0.867. The zero-order valence-electron chi connectivity index (χ0n) is 12.4. The van der Waals surface area contributed by atoms with Gasteiger partial charge >= 0.3 is 0 Å². The fourth-order valence-electron chi connectivity index (χ4n) is 3.61. The van der Waals surface area contributed by atoms with Gasteiger partial charge in [-0.2, -0.15) is 0 Å². The van der Waals surface area contributed by atoms with Gasteiger partial charge in [-0.1, -0.05) is 33.6 Å². The van der Waals surface area contributed by atoms with Crippen molar-refractivity contribution in [3.8, 4) is 0 Å². The molecule has 19 heavy (non-hydrogen) atoms. The molecule has 0 aromatic rings. The third kappa shape index (κ3) is 2.63. The van der Waals surface area contributed by atoms with E-state index in [0.29, 0.717) is 12.8 Å². The van der Waals surface area contributed by atoms with Crippen LogP contribution in [-0.4, -0.2) is 35.3 Å². The van der Waals surface area contributed by atoms with E-state index >= 15 is 0 Å². The molecule has 0 radical (unpaired) electrons. The van der Waals surface area contributed by atoms with Gasteiger partial charge < -0.3 is 10.2 Å². The lowest BCUT2D eigenvalue weighted by Gasteiger charge is -2.43. The van der Waals surface area contributed by atoms with Gasteiger partial charge in [-0.05, 0) is 31.1 Å². The first-order valence-electron chi connectivity index (χ1n) is 7.55. The molecule has 1 saturated carbocycles. The molecule has 1 aliphatic carbocycles. The number of rotatable bonds is 4. The molecular formula is C15H26N2O2. The van der Waals surface area contributed by atoms with Crippen molar-refractivity contribution in [2.24, 2.45) is 5.41 Å². The summed E-state index contributed by atoms with van der Waals surface area (Å²) in [5.74, 6) is 0.107. The molecule has 0 spiro atoms.